The van der Waals surface area contributed by atoms with Gasteiger partial charge in [-0.2, -0.15) is 0 Å². The number of amides is 1. The quantitative estimate of drug-likeness (QED) is 0.146. The fourth-order valence-electron chi connectivity index (χ4n) is 2.46. The second-order valence-electron chi connectivity index (χ2n) is 6.43. The van der Waals surface area contributed by atoms with Gasteiger partial charge in [0.05, 0.1) is 6.54 Å². The summed E-state index contributed by atoms with van der Waals surface area (Å²) in [4.78, 5) is 58.5. The zero-order valence-electron chi connectivity index (χ0n) is 18.0. The molecule has 0 unspecified atom stereocenters. The third-order valence-electron chi connectivity index (χ3n) is 3.95. The van der Waals surface area contributed by atoms with Gasteiger partial charge in [0.2, 0.25) is 5.91 Å². The Kier molecular flexibility index (Phi) is 18.6. The Morgan fingerprint density at radius 3 is 2.47 bits per heavy atom. The first-order valence-corrected chi connectivity index (χ1v) is 11.1. The van der Waals surface area contributed by atoms with Crippen LogP contribution in [-0.2, 0) is 15.9 Å². The zero-order valence-corrected chi connectivity index (χ0v) is 22.9. The molecule has 1 aromatic heterocycles. The van der Waals surface area contributed by atoms with Crippen LogP contribution in [0, 0.1) is 11.8 Å². The van der Waals surface area contributed by atoms with Crippen LogP contribution in [0.25, 0.3) is 0 Å². The van der Waals surface area contributed by atoms with Crippen molar-refractivity contribution < 1.29 is 78.3 Å². The van der Waals surface area contributed by atoms with Crippen molar-refractivity contribution in [1.29, 1.82) is 0 Å². The monoisotopic (exact) mass is 457 g/mol. The summed E-state index contributed by atoms with van der Waals surface area (Å²) in [6, 6.07) is 0. The summed E-state index contributed by atoms with van der Waals surface area (Å²) in [5.74, 6) is 5.12. The van der Waals surface area contributed by atoms with E-state index in [0.29, 0.717) is 6.42 Å². The Morgan fingerprint density at radius 2 is 1.83 bits per heavy atom. The van der Waals surface area contributed by atoms with Crippen molar-refractivity contribution in [3.05, 3.63) is 32.6 Å². The molecule has 12 heteroatoms. The van der Waals surface area contributed by atoms with E-state index in [1.165, 1.54) is 6.20 Å². The first-order valence-electron chi connectivity index (χ1n) is 9.33. The second-order valence-corrected chi connectivity index (χ2v) is 8.10. The van der Waals surface area contributed by atoms with E-state index in [2.05, 4.69) is 29.1 Å². The molecule has 0 aliphatic carbocycles. The standard InChI is InChI=1S/C18H28N3O6P.2Na/c1-2-3-4-5-6-10-16(22)19-11-7-9-15-14-21(18(24)20-17(15)23)12-8-13-28(25,26)27;;/h14H,2-6,8,10-13H2,1H3,(H,19,22)(H,20,23,24)(H2,25,26,27);;/q;2*+1/p-2. The van der Waals surface area contributed by atoms with Gasteiger partial charge in [-0.25, -0.2) is 4.79 Å². The van der Waals surface area contributed by atoms with Crippen LogP contribution in [-0.4, -0.2) is 28.2 Å². The van der Waals surface area contributed by atoms with Crippen molar-refractivity contribution in [1.82, 2.24) is 14.9 Å². The van der Waals surface area contributed by atoms with Crippen LogP contribution in [0.1, 0.15) is 57.4 Å². The number of nitrogens with one attached hydrogen (secondary N) is 2. The van der Waals surface area contributed by atoms with Crippen LogP contribution in [0.2, 0.25) is 0 Å². The van der Waals surface area contributed by atoms with E-state index in [4.69, 9.17) is 0 Å². The summed E-state index contributed by atoms with van der Waals surface area (Å²) >= 11 is 0. The average molecular weight is 457 g/mol. The fraction of sp³-hybridized carbons (Fsp3) is 0.611. The Morgan fingerprint density at radius 1 is 1.17 bits per heavy atom. The number of aryl methyl sites for hydroxylation is 1. The van der Waals surface area contributed by atoms with Gasteiger partial charge in [0.1, 0.15) is 5.56 Å². The maximum Gasteiger partial charge on any atom is 1.00 e. The van der Waals surface area contributed by atoms with Crippen LogP contribution in [0.3, 0.4) is 0 Å². The first-order chi connectivity index (χ1) is 13.2. The van der Waals surface area contributed by atoms with Crippen LogP contribution < -0.4 is 85.5 Å². The summed E-state index contributed by atoms with van der Waals surface area (Å²) < 4.78 is 11.7. The van der Waals surface area contributed by atoms with Crippen molar-refractivity contribution >= 4 is 13.5 Å². The number of aromatic amines is 1. The van der Waals surface area contributed by atoms with Gasteiger partial charge in [-0.15, -0.1) is 0 Å². The number of rotatable bonds is 11. The molecule has 0 aromatic carbocycles. The summed E-state index contributed by atoms with van der Waals surface area (Å²) in [7, 11) is -4.64. The van der Waals surface area contributed by atoms with Crippen molar-refractivity contribution in [2.45, 2.75) is 58.4 Å². The minimum Gasteiger partial charge on any atom is -0.811 e. The Bertz CT molecular complexity index is 869. The fourth-order valence-corrected chi connectivity index (χ4v) is 2.99. The molecule has 2 N–H and O–H groups in total. The van der Waals surface area contributed by atoms with E-state index in [1.807, 2.05) is 0 Å². The molecule has 1 amide bonds. The maximum absolute atomic E-state index is 11.8. The number of aromatic nitrogens is 2. The van der Waals surface area contributed by atoms with Crippen LogP contribution in [0.15, 0.2) is 15.8 Å². The van der Waals surface area contributed by atoms with Crippen LogP contribution >= 0.6 is 7.60 Å². The van der Waals surface area contributed by atoms with Gasteiger partial charge >= 0.3 is 64.8 Å². The maximum atomic E-state index is 11.8. The number of unbranched alkanes of at least 4 members (excludes halogenated alkanes) is 4. The molecule has 0 saturated heterocycles. The van der Waals surface area contributed by atoms with Gasteiger partial charge in [0.25, 0.3) is 5.56 Å². The summed E-state index contributed by atoms with van der Waals surface area (Å²) in [6.07, 6.45) is 6.28. The number of H-pyrrole nitrogens is 1. The molecule has 0 aliphatic rings. The van der Waals surface area contributed by atoms with E-state index in [9.17, 15) is 28.7 Å². The number of hydrogen-bond acceptors (Lipinski definition) is 6. The minimum atomic E-state index is -4.64. The SMILES string of the molecule is CCCCCCCC(=O)NCC#Cc1cn(CCCP(=O)([O-])[O-])c(=O)[nH]c1=O.[Na+].[Na+]. The number of nitrogens with zero attached hydrogens (tertiary/aromatic N) is 1. The molecular weight excluding hydrogens is 431 g/mol. The van der Waals surface area contributed by atoms with Gasteiger partial charge in [0.15, 0.2) is 0 Å². The van der Waals surface area contributed by atoms with Crippen LogP contribution in [0.5, 0.6) is 0 Å². The molecule has 0 bridgehead atoms. The van der Waals surface area contributed by atoms with E-state index in [-0.39, 0.29) is 90.1 Å². The molecule has 0 aliphatic heterocycles. The summed E-state index contributed by atoms with van der Waals surface area (Å²) in [5, 5.41) is 2.65. The molecule has 1 heterocycles. The Balaban J connectivity index is 0. The molecule has 0 saturated carbocycles. The molecule has 0 spiro atoms. The third-order valence-corrected chi connectivity index (χ3v) is 4.81. The number of carbonyl (C=O) groups excluding carboxylic acids is 1. The summed E-state index contributed by atoms with van der Waals surface area (Å²) in [5.41, 5.74) is -1.37. The van der Waals surface area contributed by atoms with Crippen molar-refractivity contribution in [2.75, 3.05) is 12.7 Å². The van der Waals surface area contributed by atoms with E-state index >= 15 is 0 Å². The van der Waals surface area contributed by atoms with Crippen molar-refractivity contribution in [3.8, 4) is 11.8 Å². The van der Waals surface area contributed by atoms with E-state index in [0.717, 1.165) is 36.7 Å². The van der Waals surface area contributed by atoms with Crippen molar-refractivity contribution in [2.24, 2.45) is 0 Å². The van der Waals surface area contributed by atoms with Gasteiger partial charge in [-0.3, -0.25) is 19.1 Å². The minimum absolute atomic E-state index is 0. The van der Waals surface area contributed by atoms with Gasteiger partial charge in [0, 0.05) is 19.2 Å². The van der Waals surface area contributed by atoms with Gasteiger partial charge < -0.3 is 19.7 Å². The topological polar surface area (TPSA) is 147 Å². The largest absolute Gasteiger partial charge is 1.00 e. The average Bonchev–Trinajstić information content (AvgIpc) is 2.60. The molecule has 1 aromatic rings. The molecule has 0 atom stereocenters. The van der Waals surface area contributed by atoms with Crippen molar-refractivity contribution in [3.63, 3.8) is 0 Å². The Labute approximate surface area is 220 Å². The molecular formula is C18H26N3Na2O6P. The Hall–Kier alpha value is -0.140. The molecule has 30 heavy (non-hydrogen) atoms. The molecule has 0 fully saturated rings. The second kappa shape index (κ2) is 17.4. The predicted molar refractivity (Wildman–Crippen MR) is 102 cm³/mol. The van der Waals surface area contributed by atoms with Gasteiger partial charge in [-0.05, 0) is 19.0 Å². The number of hydrogen-bond donors (Lipinski definition) is 2. The van der Waals surface area contributed by atoms with E-state index in [1.54, 1.807) is 0 Å². The molecule has 1 rings (SSSR count). The number of carbonyl (C=O) groups is 1. The molecule has 156 valence electrons. The third kappa shape index (κ3) is 14.8. The predicted octanol–water partition coefficient (Wildman–Crippen LogP) is -6.32. The smallest absolute Gasteiger partial charge is 0.811 e. The van der Waals surface area contributed by atoms with Crippen LogP contribution in [0.4, 0.5) is 0 Å². The molecule has 0 radical (unpaired) electrons. The molecule has 9 nitrogen and oxygen atoms in total. The summed E-state index contributed by atoms with van der Waals surface area (Å²) in [6.45, 7) is 2.16. The zero-order chi connectivity index (χ0) is 21.0. The normalized spacial score (nSPS) is 10.2. The van der Waals surface area contributed by atoms with Gasteiger partial charge in [-0.1, -0.05) is 52.0 Å². The first kappa shape index (κ1) is 32.0. The van der Waals surface area contributed by atoms with E-state index < -0.39 is 25.0 Å².